The quantitative estimate of drug-likeness (QED) is 0.314. The lowest BCUT2D eigenvalue weighted by Gasteiger charge is -2.34. The molecule has 0 fully saturated rings. The van der Waals surface area contributed by atoms with Crippen LogP contribution in [0.25, 0.3) is 0 Å². The number of carbonyl (C=O) groups is 2. The maximum absolute atomic E-state index is 13.9. The van der Waals surface area contributed by atoms with Crippen LogP contribution in [0.15, 0.2) is 84.9 Å². The normalized spacial score (nSPS) is 12.3. The lowest BCUT2D eigenvalue weighted by molar-refractivity contribution is -0.142. The van der Waals surface area contributed by atoms with Crippen LogP contribution in [0.4, 0.5) is 5.69 Å². The van der Waals surface area contributed by atoms with Crippen LogP contribution >= 0.6 is 0 Å². The van der Waals surface area contributed by atoms with Crippen molar-refractivity contribution in [3.05, 3.63) is 96.1 Å². The molecule has 9 heteroatoms. The first-order valence-corrected chi connectivity index (χ1v) is 15.5. The van der Waals surface area contributed by atoms with Gasteiger partial charge >= 0.3 is 0 Å². The van der Waals surface area contributed by atoms with E-state index in [1.54, 1.807) is 36.3 Å². The second-order valence-corrected chi connectivity index (χ2v) is 13.0. The summed E-state index contributed by atoms with van der Waals surface area (Å²) in [6.07, 6.45) is 1.84. The van der Waals surface area contributed by atoms with Crippen LogP contribution in [0.5, 0.6) is 5.75 Å². The van der Waals surface area contributed by atoms with Crippen molar-refractivity contribution in [2.45, 2.75) is 58.2 Å². The van der Waals surface area contributed by atoms with Gasteiger partial charge in [0.15, 0.2) is 0 Å². The summed E-state index contributed by atoms with van der Waals surface area (Å²) in [5.74, 6) is 0.166. The van der Waals surface area contributed by atoms with E-state index in [0.717, 1.165) is 17.4 Å². The van der Waals surface area contributed by atoms with E-state index in [9.17, 15) is 18.0 Å². The van der Waals surface area contributed by atoms with Gasteiger partial charge in [-0.3, -0.25) is 13.9 Å². The van der Waals surface area contributed by atoms with Crippen molar-refractivity contribution in [2.75, 3.05) is 24.2 Å². The Morgan fingerprint density at radius 3 is 2.10 bits per heavy atom. The topological polar surface area (TPSA) is 96.0 Å². The second kappa shape index (κ2) is 14.2. The monoisotopic (exact) mass is 579 g/mol. The Hall–Kier alpha value is -3.85. The molecule has 0 aromatic heterocycles. The molecule has 220 valence electrons. The molecule has 1 N–H and O–H groups in total. The van der Waals surface area contributed by atoms with Gasteiger partial charge < -0.3 is 15.0 Å². The third kappa shape index (κ3) is 9.93. The van der Waals surface area contributed by atoms with Crippen LogP contribution < -0.4 is 14.4 Å². The Labute approximate surface area is 244 Å². The number of nitrogens with zero attached hydrogens (tertiary/aromatic N) is 2. The summed E-state index contributed by atoms with van der Waals surface area (Å²) >= 11 is 0. The van der Waals surface area contributed by atoms with Crippen LogP contribution in [-0.2, 0) is 32.6 Å². The van der Waals surface area contributed by atoms with Crippen LogP contribution in [0.1, 0.15) is 44.7 Å². The van der Waals surface area contributed by atoms with E-state index in [1.165, 1.54) is 4.31 Å². The minimum Gasteiger partial charge on any atom is -0.497 e. The number of para-hydroxylation sites is 1. The zero-order chi connectivity index (χ0) is 30.0. The molecule has 1 atom stereocenters. The molecule has 0 spiro atoms. The zero-order valence-electron chi connectivity index (χ0n) is 24.5. The first-order valence-electron chi connectivity index (χ1n) is 13.7. The fraction of sp³-hybridized carbons (Fsp3) is 0.375. The molecule has 0 aliphatic heterocycles. The third-order valence-corrected chi connectivity index (χ3v) is 7.65. The summed E-state index contributed by atoms with van der Waals surface area (Å²) in [7, 11) is -1.97. The Balaban J connectivity index is 1.91. The predicted octanol–water partition coefficient (Wildman–Crippen LogP) is 4.80. The van der Waals surface area contributed by atoms with Gasteiger partial charge in [-0.2, -0.15) is 0 Å². The van der Waals surface area contributed by atoms with Crippen molar-refractivity contribution in [1.82, 2.24) is 10.2 Å². The van der Waals surface area contributed by atoms with E-state index in [1.807, 2.05) is 81.4 Å². The number of anilines is 1. The lowest BCUT2D eigenvalue weighted by atomic mass is 10.00. The Bertz CT molecular complexity index is 1390. The molecule has 2 amide bonds. The van der Waals surface area contributed by atoms with E-state index in [0.29, 0.717) is 17.9 Å². The second-order valence-electron chi connectivity index (χ2n) is 11.1. The van der Waals surface area contributed by atoms with Gasteiger partial charge in [-0.15, -0.1) is 0 Å². The maximum atomic E-state index is 13.9. The minimum atomic E-state index is -3.55. The molecule has 8 nitrogen and oxygen atoms in total. The van der Waals surface area contributed by atoms with E-state index in [4.69, 9.17) is 4.74 Å². The summed E-state index contributed by atoms with van der Waals surface area (Å²) in [4.78, 5) is 29.2. The molecule has 3 aromatic rings. The Morgan fingerprint density at radius 2 is 1.51 bits per heavy atom. The number of carbonyl (C=O) groups excluding carboxylic acids is 2. The number of benzene rings is 3. The van der Waals surface area contributed by atoms with Crippen LogP contribution in [-0.4, -0.2) is 56.6 Å². The largest absolute Gasteiger partial charge is 0.497 e. The number of hydrogen-bond acceptors (Lipinski definition) is 5. The zero-order valence-corrected chi connectivity index (χ0v) is 25.4. The molecule has 0 aliphatic carbocycles. The van der Waals surface area contributed by atoms with Crippen LogP contribution in [0.3, 0.4) is 0 Å². The summed E-state index contributed by atoms with van der Waals surface area (Å²) < 4.78 is 31.8. The molecule has 0 bridgehead atoms. The SMILES string of the molecule is COc1cccc(CN(C(=O)CCCN(c2ccccc2)S(C)(=O)=O)[C@@H](Cc2ccccc2)C(=O)NC(C)(C)C)c1. The molecule has 0 heterocycles. The number of ether oxygens (including phenoxy) is 1. The van der Waals surface area contributed by atoms with Gasteiger partial charge in [0.25, 0.3) is 0 Å². The first-order chi connectivity index (χ1) is 19.4. The van der Waals surface area contributed by atoms with Crippen molar-refractivity contribution in [3.8, 4) is 5.75 Å². The van der Waals surface area contributed by atoms with E-state index < -0.39 is 21.6 Å². The molecule has 0 saturated carbocycles. The highest BCUT2D eigenvalue weighted by Crippen LogP contribution is 2.21. The maximum Gasteiger partial charge on any atom is 0.243 e. The van der Waals surface area contributed by atoms with Gasteiger partial charge in [-0.1, -0.05) is 60.7 Å². The summed E-state index contributed by atoms with van der Waals surface area (Å²) in [5, 5.41) is 3.05. The highest BCUT2D eigenvalue weighted by molar-refractivity contribution is 7.92. The van der Waals surface area contributed by atoms with Crippen molar-refractivity contribution in [3.63, 3.8) is 0 Å². The van der Waals surface area contributed by atoms with Crippen molar-refractivity contribution in [2.24, 2.45) is 0 Å². The fourth-order valence-electron chi connectivity index (χ4n) is 4.57. The van der Waals surface area contributed by atoms with Gasteiger partial charge in [0, 0.05) is 31.5 Å². The molecular weight excluding hydrogens is 538 g/mol. The highest BCUT2D eigenvalue weighted by Gasteiger charge is 2.32. The van der Waals surface area contributed by atoms with Gasteiger partial charge in [0.2, 0.25) is 21.8 Å². The number of nitrogens with one attached hydrogen (secondary N) is 1. The number of amides is 2. The molecular formula is C32H41N3O5S. The molecule has 0 saturated heterocycles. The Morgan fingerprint density at radius 1 is 0.902 bits per heavy atom. The van der Waals surface area contributed by atoms with Crippen LogP contribution in [0, 0.1) is 0 Å². The molecule has 0 aliphatic rings. The van der Waals surface area contributed by atoms with E-state index in [-0.39, 0.29) is 37.7 Å². The molecule has 41 heavy (non-hydrogen) atoms. The number of methoxy groups -OCH3 is 1. The summed E-state index contributed by atoms with van der Waals surface area (Å²) in [5.41, 5.74) is 1.79. The van der Waals surface area contributed by atoms with Crippen molar-refractivity contribution in [1.29, 1.82) is 0 Å². The van der Waals surface area contributed by atoms with E-state index >= 15 is 0 Å². The summed E-state index contributed by atoms with van der Waals surface area (Å²) in [6.45, 7) is 6.05. The van der Waals surface area contributed by atoms with Crippen molar-refractivity contribution < 1.29 is 22.7 Å². The molecule has 3 aromatic carbocycles. The molecule has 0 radical (unpaired) electrons. The third-order valence-electron chi connectivity index (χ3n) is 6.45. The number of rotatable bonds is 13. The smallest absolute Gasteiger partial charge is 0.243 e. The fourth-order valence-corrected chi connectivity index (χ4v) is 5.54. The van der Waals surface area contributed by atoms with Gasteiger partial charge in [0.05, 0.1) is 19.1 Å². The number of hydrogen-bond donors (Lipinski definition) is 1. The summed E-state index contributed by atoms with van der Waals surface area (Å²) in [6, 6.07) is 25.1. The van der Waals surface area contributed by atoms with Gasteiger partial charge in [0.1, 0.15) is 11.8 Å². The van der Waals surface area contributed by atoms with Crippen LogP contribution in [0.2, 0.25) is 0 Å². The minimum absolute atomic E-state index is 0.0664. The standard InChI is InChI=1S/C32H41N3O5S/c1-32(2,3)33-31(37)29(23-25-14-8-6-9-15-25)34(24-26-16-12-19-28(22-26)40-4)30(36)20-13-21-35(41(5,38)39)27-17-10-7-11-18-27/h6-12,14-19,22,29H,13,20-21,23-24H2,1-5H3,(H,33,37)/t29-/m0/s1. The molecule has 0 unspecified atom stereocenters. The van der Waals surface area contributed by atoms with E-state index in [2.05, 4.69) is 5.32 Å². The Kier molecular flexibility index (Phi) is 10.9. The van der Waals surface area contributed by atoms with Gasteiger partial charge in [-0.25, -0.2) is 8.42 Å². The van der Waals surface area contributed by atoms with Crippen molar-refractivity contribution >= 4 is 27.5 Å². The first kappa shape index (κ1) is 31.7. The number of sulfonamides is 1. The average Bonchev–Trinajstić information content (AvgIpc) is 2.92. The molecule has 3 rings (SSSR count). The average molecular weight is 580 g/mol. The predicted molar refractivity (Wildman–Crippen MR) is 163 cm³/mol. The van der Waals surface area contributed by atoms with Gasteiger partial charge in [-0.05, 0) is 62.6 Å². The lowest BCUT2D eigenvalue weighted by Crippen LogP contribution is -2.54. The highest BCUT2D eigenvalue weighted by atomic mass is 32.2.